The molecule has 130 valence electrons. The normalized spacial score (nSPS) is 14.0. The minimum Gasteiger partial charge on any atom is -0.458 e. The van der Waals surface area contributed by atoms with Crippen LogP contribution >= 0.6 is 15.9 Å². The van der Waals surface area contributed by atoms with Crippen molar-refractivity contribution in [2.75, 3.05) is 0 Å². The lowest BCUT2D eigenvalue weighted by atomic mass is 10.3. The summed E-state index contributed by atoms with van der Waals surface area (Å²) in [6.45, 7) is 0. The summed E-state index contributed by atoms with van der Waals surface area (Å²) in [7, 11) is -2.44. The molecular formula is C24H17BrOSi. The molecule has 1 heterocycles. The molecule has 0 aromatic heterocycles. The van der Waals surface area contributed by atoms with Crippen LogP contribution in [0.1, 0.15) is 0 Å². The second kappa shape index (κ2) is 6.52. The smallest absolute Gasteiger partial charge is 0.188 e. The SMILES string of the molecule is Brc1ccc([Si]2(c3ccccc3)c3ccccc3Oc3ccccc32)cc1. The molecule has 0 bridgehead atoms. The van der Waals surface area contributed by atoms with Crippen molar-refractivity contribution in [1.29, 1.82) is 0 Å². The molecule has 0 N–H and O–H groups in total. The third-order valence-corrected chi connectivity index (χ3v) is 10.7. The van der Waals surface area contributed by atoms with Crippen molar-refractivity contribution in [1.82, 2.24) is 0 Å². The molecule has 0 unspecified atom stereocenters. The first-order chi connectivity index (χ1) is 13.3. The first-order valence-electron chi connectivity index (χ1n) is 8.98. The molecule has 1 aliphatic rings. The Morgan fingerprint density at radius 2 is 1.00 bits per heavy atom. The van der Waals surface area contributed by atoms with Gasteiger partial charge in [0.05, 0.1) is 0 Å². The third-order valence-electron chi connectivity index (χ3n) is 5.29. The van der Waals surface area contributed by atoms with Crippen molar-refractivity contribution < 1.29 is 4.74 Å². The Kier molecular flexibility index (Phi) is 3.99. The van der Waals surface area contributed by atoms with Gasteiger partial charge in [-0.2, -0.15) is 0 Å². The molecule has 0 saturated carbocycles. The van der Waals surface area contributed by atoms with Crippen LogP contribution in [0.3, 0.4) is 0 Å². The number of ether oxygens (including phenoxy) is 1. The number of hydrogen-bond donors (Lipinski definition) is 0. The highest BCUT2D eigenvalue weighted by molar-refractivity contribution is 9.10. The maximum Gasteiger partial charge on any atom is 0.188 e. The fourth-order valence-corrected chi connectivity index (χ4v) is 9.36. The van der Waals surface area contributed by atoms with Crippen molar-refractivity contribution in [2.24, 2.45) is 0 Å². The lowest BCUT2D eigenvalue weighted by Crippen LogP contribution is -2.76. The summed E-state index contributed by atoms with van der Waals surface area (Å²) in [5, 5.41) is 5.34. The molecule has 0 amide bonds. The molecule has 1 nitrogen and oxygen atoms in total. The zero-order valence-electron chi connectivity index (χ0n) is 14.6. The van der Waals surface area contributed by atoms with E-state index in [1.807, 2.05) is 0 Å². The van der Waals surface area contributed by atoms with E-state index in [1.54, 1.807) is 0 Å². The second-order valence-corrected chi connectivity index (χ2v) is 11.4. The number of halogens is 1. The fourth-order valence-electron chi connectivity index (χ4n) is 4.17. The van der Waals surface area contributed by atoms with Crippen LogP contribution in [-0.2, 0) is 0 Å². The van der Waals surface area contributed by atoms with E-state index in [9.17, 15) is 0 Å². The molecule has 0 spiro atoms. The van der Waals surface area contributed by atoms with E-state index in [4.69, 9.17) is 4.74 Å². The molecule has 4 aromatic rings. The van der Waals surface area contributed by atoms with Gasteiger partial charge in [0.2, 0.25) is 0 Å². The Balaban J connectivity index is 1.95. The molecule has 3 heteroatoms. The van der Waals surface area contributed by atoms with Gasteiger partial charge >= 0.3 is 0 Å². The van der Waals surface area contributed by atoms with Crippen LogP contribution in [0.15, 0.2) is 108 Å². The summed E-state index contributed by atoms with van der Waals surface area (Å²) in [6, 6.07) is 36.8. The average molecular weight is 429 g/mol. The lowest BCUT2D eigenvalue weighted by Gasteiger charge is -2.39. The van der Waals surface area contributed by atoms with E-state index >= 15 is 0 Å². The van der Waals surface area contributed by atoms with Crippen molar-refractivity contribution in [3.8, 4) is 11.5 Å². The first kappa shape index (κ1) is 16.5. The molecule has 5 rings (SSSR count). The quantitative estimate of drug-likeness (QED) is 0.387. The Morgan fingerprint density at radius 1 is 0.519 bits per heavy atom. The molecule has 4 aromatic carbocycles. The maximum absolute atomic E-state index is 6.32. The Hall–Kier alpha value is -2.62. The van der Waals surface area contributed by atoms with Crippen molar-refractivity contribution in [2.45, 2.75) is 0 Å². The third kappa shape index (κ3) is 2.50. The van der Waals surface area contributed by atoms with Gasteiger partial charge in [0.15, 0.2) is 8.07 Å². The van der Waals surface area contributed by atoms with Crippen molar-refractivity contribution in [3.05, 3.63) is 108 Å². The molecule has 1 aliphatic heterocycles. The van der Waals surface area contributed by atoms with Gasteiger partial charge in [-0.05, 0) is 45.0 Å². The monoisotopic (exact) mass is 428 g/mol. The van der Waals surface area contributed by atoms with Crippen LogP contribution < -0.4 is 25.5 Å². The van der Waals surface area contributed by atoms with Crippen LogP contribution in [-0.4, -0.2) is 8.07 Å². The van der Waals surface area contributed by atoms with Crippen LogP contribution in [0, 0.1) is 0 Å². The highest BCUT2D eigenvalue weighted by atomic mass is 79.9. The minimum atomic E-state index is -2.44. The Morgan fingerprint density at radius 3 is 1.59 bits per heavy atom. The molecule has 0 radical (unpaired) electrons. The first-order valence-corrected chi connectivity index (χ1v) is 11.8. The summed E-state index contributed by atoms with van der Waals surface area (Å²) in [4.78, 5) is 0. The highest BCUT2D eigenvalue weighted by Crippen LogP contribution is 2.28. The summed E-state index contributed by atoms with van der Waals surface area (Å²) in [5.41, 5.74) is 0. The van der Waals surface area contributed by atoms with Gasteiger partial charge in [-0.3, -0.25) is 0 Å². The topological polar surface area (TPSA) is 9.23 Å². The predicted molar refractivity (Wildman–Crippen MR) is 118 cm³/mol. The van der Waals surface area contributed by atoms with Crippen LogP contribution in [0.5, 0.6) is 11.5 Å². The molecule has 0 aliphatic carbocycles. The molecule has 0 saturated heterocycles. The number of para-hydroxylation sites is 2. The summed E-state index contributed by atoms with van der Waals surface area (Å²) in [6.07, 6.45) is 0. The molecule has 0 fully saturated rings. The number of benzene rings is 4. The van der Waals surface area contributed by atoms with Gasteiger partial charge in [-0.25, -0.2) is 0 Å². The summed E-state index contributed by atoms with van der Waals surface area (Å²) in [5.74, 6) is 1.93. The van der Waals surface area contributed by atoms with E-state index in [0.717, 1.165) is 16.0 Å². The minimum absolute atomic E-state index is 0.967. The van der Waals surface area contributed by atoms with E-state index in [2.05, 4.69) is 119 Å². The zero-order chi connectivity index (χ0) is 18.3. The Labute approximate surface area is 168 Å². The summed E-state index contributed by atoms with van der Waals surface area (Å²) < 4.78 is 7.42. The zero-order valence-corrected chi connectivity index (χ0v) is 17.2. The van der Waals surface area contributed by atoms with E-state index in [0.29, 0.717) is 0 Å². The largest absolute Gasteiger partial charge is 0.458 e. The summed E-state index contributed by atoms with van der Waals surface area (Å²) >= 11 is 3.60. The van der Waals surface area contributed by atoms with Gasteiger partial charge in [-0.15, -0.1) is 0 Å². The average Bonchev–Trinajstić information content (AvgIpc) is 2.73. The Bertz CT molecular complexity index is 1060. The number of fused-ring (bicyclic) bond motifs is 2. The number of rotatable bonds is 2. The van der Waals surface area contributed by atoms with Crippen molar-refractivity contribution in [3.63, 3.8) is 0 Å². The van der Waals surface area contributed by atoms with E-state index in [1.165, 1.54) is 20.7 Å². The van der Waals surface area contributed by atoms with Gasteiger partial charge in [0.25, 0.3) is 0 Å². The standard InChI is InChI=1S/C24H17BrOSi/c25-18-14-16-20(17-15-18)27(19-8-2-1-3-9-19)23-12-6-4-10-21(23)26-22-11-5-7-13-24(22)27/h1-17H. The fraction of sp³-hybridized carbons (Fsp3) is 0. The molecular weight excluding hydrogens is 412 g/mol. The van der Waals surface area contributed by atoms with Crippen LogP contribution in [0.4, 0.5) is 0 Å². The lowest BCUT2D eigenvalue weighted by molar-refractivity contribution is 0.487. The van der Waals surface area contributed by atoms with E-state index in [-0.39, 0.29) is 0 Å². The van der Waals surface area contributed by atoms with E-state index < -0.39 is 8.07 Å². The van der Waals surface area contributed by atoms with Gasteiger partial charge in [0, 0.05) is 4.47 Å². The molecule has 27 heavy (non-hydrogen) atoms. The van der Waals surface area contributed by atoms with Crippen LogP contribution in [0.25, 0.3) is 0 Å². The molecule has 0 atom stereocenters. The predicted octanol–water partition coefficient (Wildman–Crippen LogP) is 3.93. The van der Waals surface area contributed by atoms with Gasteiger partial charge in [0.1, 0.15) is 11.5 Å². The van der Waals surface area contributed by atoms with Crippen LogP contribution in [0.2, 0.25) is 0 Å². The van der Waals surface area contributed by atoms with Gasteiger partial charge < -0.3 is 4.74 Å². The second-order valence-electron chi connectivity index (χ2n) is 6.72. The maximum atomic E-state index is 6.32. The highest BCUT2D eigenvalue weighted by Gasteiger charge is 2.47. The van der Waals surface area contributed by atoms with Gasteiger partial charge in [-0.1, -0.05) is 94.8 Å². The van der Waals surface area contributed by atoms with Crippen molar-refractivity contribution >= 4 is 44.8 Å². The number of hydrogen-bond acceptors (Lipinski definition) is 1.